The highest BCUT2D eigenvalue weighted by molar-refractivity contribution is 5.86. The first-order valence-electron chi connectivity index (χ1n) is 11.2. The molecule has 5 nitrogen and oxygen atoms in total. The van der Waals surface area contributed by atoms with E-state index >= 15 is 0 Å². The van der Waals surface area contributed by atoms with E-state index in [1.165, 1.54) is 5.56 Å². The van der Waals surface area contributed by atoms with Gasteiger partial charge in [-0.05, 0) is 67.8 Å². The molecule has 33 heavy (non-hydrogen) atoms. The molecule has 4 rings (SSSR count). The first-order valence-corrected chi connectivity index (χ1v) is 11.2. The predicted octanol–water partition coefficient (Wildman–Crippen LogP) is 5.81. The number of aryl methyl sites for hydroxylation is 2. The number of fused-ring (bicyclic) bond motifs is 1. The molecule has 0 saturated heterocycles. The number of H-pyrrole nitrogens is 1. The second-order valence-electron chi connectivity index (χ2n) is 8.18. The number of nitrogens with one attached hydrogen (secondary N) is 1. The fraction of sp³-hybridized carbons (Fsp3) is 0.250. The third-order valence-electron chi connectivity index (χ3n) is 6.16. The van der Waals surface area contributed by atoms with Crippen LogP contribution in [0, 0.1) is 13.8 Å². The molecule has 0 bridgehead atoms. The molecule has 0 aliphatic carbocycles. The van der Waals surface area contributed by atoms with Gasteiger partial charge in [0, 0.05) is 29.2 Å². The van der Waals surface area contributed by atoms with Crippen molar-refractivity contribution in [3.8, 4) is 11.5 Å². The lowest BCUT2D eigenvalue weighted by molar-refractivity contribution is -0.134. The van der Waals surface area contributed by atoms with Crippen LogP contribution in [0.4, 0.5) is 0 Å². The normalized spacial score (nSPS) is 11.9. The summed E-state index contributed by atoms with van der Waals surface area (Å²) >= 11 is 0. The molecule has 1 unspecified atom stereocenters. The molecule has 1 atom stereocenters. The Morgan fingerprint density at radius 1 is 0.970 bits per heavy atom. The zero-order valence-electron chi connectivity index (χ0n) is 19.6. The molecule has 5 heteroatoms. The van der Waals surface area contributed by atoms with E-state index in [2.05, 4.69) is 18.0 Å². The van der Waals surface area contributed by atoms with Crippen LogP contribution in [0.2, 0.25) is 0 Å². The minimum atomic E-state index is -0.257. The summed E-state index contributed by atoms with van der Waals surface area (Å²) in [6.07, 6.45) is 2.00. The number of likely N-dealkylation sites (N-methyl/N-ethyl adjacent to an activating group) is 1. The standard InChI is InChI=1S/C28H30N2O3/c1-5-30(27(31)18-33-23-13-10-19(2)20(3)16-23)28(21-11-14-22(32-4)15-12-21)25-17-29-26-9-7-6-8-24(25)26/h6-17,28-29H,5,18H2,1-4H3. The summed E-state index contributed by atoms with van der Waals surface area (Å²) < 4.78 is 11.2. The Bertz CT molecular complexity index is 1240. The first kappa shape index (κ1) is 22.5. The first-order chi connectivity index (χ1) is 16.0. The molecule has 3 aromatic carbocycles. The Morgan fingerprint density at radius 3 is 2.39 bits per heavy atom. The van der Waals surface area contributed by atoms with Crippen LogP contribution in [0.3, 0.4) is 0 Å². The van der Waals surface area contributed by atoms with Crippen molar-refractivity contribution >= 4 is 16.8 Å². The summed E-state index contributed by atoms with van der Waals surface area (Å²) in [5, 5.41) is 1.10. The number of rotatable bonds is 8. The van der Waals surface area contributed by atoms with Gasteiger partial charge in [-0.15, -0.1) is 0 Å². The van der Waals surface area contributed by atoms with Crippen LogP contribution in [-0.4, -0.2) is 36.1 Å². The van der Waals surface area contributed by atoms with Gasteiger partial charge in [0.05, 0.1) is 13.2 Å². The molecule has 0 saturated carbocycles. The summed E-state index contributed by atoms with van der Waals surface area (Å²) in [6, 6.07) is 21.7. The summed E-state index contributed by atoms with van der Waals surface area (Å²) in [4.78, 5) is 18.7. The van der Waals surface area contributed by atoms with Gasteiger partial charge in [0.25, 0.3) is 5.91 Å². The topological polar surface area (TPSA) is 54.6 Å². The SMILES string of the molecule is CCN(C(=O)COc1ccc(C)c(C)c1)C(c1ccc(OC)cc1)c1c[nH]c2ccccc12. The van der Waals surface area contributed by atoms with Crippen LogP contribution in [0.1, 0.15) is 35.2 Å². The average Bonchev–Trinajstić information content (AvgIpc) is 3.27. The number of amides is 1. The fourth-order valence-corrected chi connectivity index (χ4v) is 4.17. The average molecular weight is 443 g/mol. The van der Waals surface area contributed by atoms with Crippen LogP contribution in [-0.2, 0) is 4.79 Å². The number of hydrogen-bond donors (Lipinski definition) is 1. The Balaban J connectivity index is 1.67. The summed E-state index contributed by atoms with van der Waals surface area (Å²) in [6.45, 7) is 6.62. The van der Waals surface area contributed by atoms with Gasteiger partial charge < -0.3 is 19.4 Å². The summed E-state index contributed by atoms with van der Waals surface area (Å²) in [5.41, 5.74) is 5.45. The van der Waals surface area contributed by atoms with Crippen molar-refractivity contribution < 1.29 is 14.3 Å². The maximum atomic E-state index is 13.4. The third-order valence-corrected chi connectivity index (χ3v) is 6.16. The lowest BCUT2D eigenvalue weighted by Gasteiger charge is -2.31. The van der Waals surface area contributed by atoms with Gasteiger partial charge in [-0.3, -0.25) is 4.79 Å². The molecular formula is C28H30N2O3. The number of carbonyl (C=O) groups excluding carboxylic acids is 1. The van der Waals surface area contributed by atoms with Gasteiger partial charge in [-0.2, -0.15) is 0 Å². The van der Waals surface area contributed by atoms with Crippen LogP contribution >= 0.6 is 0 Å². The molecule has 0 radical (unpaired) electrons. The van der Waals surface area contributed by atoms with Crippen LogP contribution < -0.4 is 9.47 Å². The van der Waals surface area contributed by atoms with E-state index in [4.69, 9.17) is 9.47 Å². The number of benzene rings is 3. The van der Waals surface area contributed by atoms with Crippen molar-refractivity contribution in [1.82, 2.24) is 9.88 Å². The van der Waals surface area contributed by atoms with Crippen LogP contribution in [0.25, 0.3) is 10.9 Å². The molecule has 0 aliphatic rings. The van der Waals surface area contributed by atoms with Crippen LogP contribution in [0.5, 0.6) is 11.5 Å². The quantitative estimate of drug-likeness (QED) is 0.375. The van der Waals surface area contributed by atoms with Gasteiger partial charge in [-0.1, -0.05) is 36.4 Å². The maximum absolute atomic E-state index is 13.4. The van der Waals surface area contributed by atoms with E-state index in [9.17, 15) is 4.79 Å². The monoisotopic (exact) mass is 442 g/mol. The van der Waals surface area contributed by atoms with Crippen molar-refractivity contribution in [3.63, 3.8) is 0 Å². The molecule has 1 heterocycles. The highest BCUT2D eigenvalue weighted by Gasteiger charge is 2.28. The summed E-state index contributed by atoms with van der Waals surface area (Å²) in [5.74, 6) is 1.42. The number of para-hydroxylation sites is 1. The number of nitrogens with zero attached hydrogens (tertiary/aromatic N) is 1. The molecule has 1 N–H and O–H groups in total. The minimum Gasteiger partial charge on any atom is -0.497 e. The van der Waals surface area contributed by atoms with Crippen molar-refractivity contribution in [2.45, 2.75) is 26.8 Å². The smallest absolute Gasteiger partial charge is 0.261 e. The molecule has 1 amide bonds. The van der Waals surface area contributed by atoms with Crippen molar-refractivity contribution in [1.29, 1.82) is 0 Å². The zero-order chi connectivity index (χ0) is 23.4. The highest BCUT2D eigenvalue weighted by atomic mass is 16.5. The number of methoxy groups -OCH3 is 1. The van der Waals surface area contributed by atoms with Gasteiger partial charge in [0.2, 0.25) is 0 Å². The van der Waals surface area contributed by atoms with Crippen LogP contribution in [0.15, 0.2) is 72.9 Å². The molecule has 0 aliphatic heterocycles. The Labute approximate surface area is 195 Å². The Hall–Kier alpha value is -3.73. The number of carbonyl (C=O) groups is 1. The van der Waals surface area contributed by atoms with Gasteiger partial charge >= 0.3 is 0 Å². The van der Waals surface area contributed by atoms with Gasteiger partial charge in [0.1, 0.15) is 11.5 Å². The molecule has 0 spiro atoms. The van der Waals surface area contributed by atoms with Gasteiger partial charge in [0.15, 0.2) is 6.61 Å². The lowest BCUT2D eigenvalue weighted by atomic mass is 9.96. The largest absolute Gasteiger partial charge is 0.497 e. The molecular weight excluding hydrogens is 412 g/mol. The van der Waals surface area contributed by atoms with Gasteiger partial charge in [-0.25, -0.2) is 0 Å². The summed E-state index contributed by atoms with van der Waals surface area (Å²) in [7, 11) is 1.65. The molecule has 4 aromatic rings. The van der Waals surface area contributed by atoms with E-state index in [1.807, 2.05) is 85.6 Å². The number of aromatic amines is 1. The van der Waals surface area contributed by atoms with Crippen molar-refractivity contribution in [2.75, 3.05) is 20.3 Å². The zero-order valence-corrected chi connectivity index (χ0v) is 19.6. The molecule has 1 aromatic heterocycles. The lowest BCUT2D eigenvalue weighted by Crippen LogP contribution is -2.38. The number of aromatic nitrogens is 1. The van der Waals surface area contributed by atoms with Crippen molar-refractivity contribution in [3.05, 3.63) is 95.2 Å². The van der Waals surface area contributed by atoms with Crippen molar-refractivity contribution in [2.24, 2.45) is 0 Å². The van der Waals surface area contributed by atoms with E-state index in [1.54, 1.807) is 7.11 Å². The predicted molar refractivity (Wildman–Crippen MR) is 132 cm³/mol. The molecule has 0 fully saturated rings. The van der Waals surface area contributed by atoms with E-state index < -0.39 is 0 Å². The molecule has 170 valence electrons. The van der Waals surface area contributed by atoms with E-state index in [0.29, 0.717) is 12.3 Å². The second-order valence-corrected chi connectivity index (χ2v) is 8.18. The van der Waals surface area contributed by atoms with E-state index in [-0.39, 0.29) is 18.6 Å². The third kappa shape index (κ3) is 4.72. The Morgan fingerprint density at radius 2 is 1.70 bits per heavy atom. The number of ether oxygens (including phenoxy) is 2. The highest BCUT2D eigenvalue weighted by Crippen LogP contribution is 2.34. The number of hydrogen-bond acceptors (Lipinski definition) is 3. The fourth-order valence-electron chi connectivity index (χ4n) is 4.17. The maximum Gasteiger partial charge on any atom is 0.261 e. The minimum absolute atomic E-state index is 0.0225. The van der Waals surface area contributed by atoms with E-state index in [0.717, 1.165) is 33.3 Å². The second kappa shape index (κ2) is 9.82. The Kier molecular flexibility index (Phi) is 6.68.